The Bertz CT molecular complexity index is 447. The molecular formula is C13H20N4O. The van der Waals surface area contributed by atoms with Gasteiger partial charge in [-0.05, 0) is 45.4 Å². The molecule has 5 nitrogen and oxygen atoms in total. The number of aryl methyl sites for hydroxylation is 1. The van der Waals surface area contributed by atoms with Gasteiger partial charge in [-0.2, -0.15) is 0 Å². The van der Waals surface area contributed by atoms with Gasteiger partial charge in [0.05, 0.1) is 5.56 Å². The first-order valence-corrected chi connectivity index (χ1v) is 6.33. The number of hydrogen-bond donors (Lipinski definition) is 3. The van der Waals surface area contributed by atoms with E-state index < -0.39 is 5.91 Å². The molecule has 1 aliphatic heterocycles. The van der Waals surface area contributed by atoms with Crippen LogP contribution < -0.4 is 16.4 Å². The standard InChI is InChI=1S/C13H20N4O/c1-8-3-4-11(12(14)18)13(16-8)17-10-5-6-15-9(2)7-10/h3-4,9-10,15H,5-7H2,1-2H3,(H2,14,18)(H,16,17). The quantitative estimate of drug-likeness (QED) is 0.746. The van der Waals surface area contributed by atoms with Crippen LogP contribution in [0.15, 0.2) is 12.1 Å². The number of primary amides is 1. The highest BCUT2D eigenvalue weighted by Gasteiger charge is 2.20. The Morgan fingerprint density at radius 2 is 2.33 bits per heavy atom. The normalized spacial score (nSPS) is 23.7. The van der Waals surface area contributed by atoms with Crippen molar-refractivity contribution in [3.63, 3.8) is 0 Å². The van der Waals surface area contributed by atoms with Gasteiger partial charge in [-0.3, -0.25) is 4.79 Å². The molecule has 2 rings (SSSR count). The zero-order chi connectivity index (χ0) is 13.1. The third-order valence-electron chi connectivity index (χ3n) is 3.26. The molecule has 2 heterocycles. The molecule has 98 valence electrons. The summed E-state index contributed by atoms with van der Waals surface area (Å²) in [5.41, 5.74) is 6.71. The van der Waals surface area contributed by atoms with E-state index in [1.807, 2.05) is 6.92 Å². The molecule has 4 N–H and O–H groups in total. The Hall–Kier alpha value is -1.62. The summed E-state index contributed by atoms with van der Waals surface area (Å²) in [5.74, 6) is 0.175. The molecule has 1 fully saturated rings. The number of amides is 1. The van der Waals surface area contributed by atoms with Crippen LogP contribution in [0.2, 0.25) is 0 Å². The van der Waals surface area contributed by atoms with E-state index in [0.717, 1.165) is 25.1 Å². The lowest BCUT2D eigenvalue weighted by Crippen LogP contribution is -2.41. The van der Waals surface area contributed by atoms with Gasteiger partial charge in [0, 0.05) is 17.8 Å². The van der Waals surface area contributed by atoms with E-state index in [1.54, 1.807) is 12.1 Å². The predicted octanol–water partition coefficient (Wildman–Crippen LogP) is 1.04. The first-order chi connectivity index (χ1) is 8.56. The number of carbonyl (C=O) groups is 1. The van der Waals surface area contributed by atoms with E-state index in [9.17, 15) is 4.79 Å². The zero-order valence-corrected chi connectivity index (χ0v) is 10.9. The van der Waals surface area contributed by atoms with Gasteiger partial charge >= 0.3 is 0 Å². The van der Waals surface area contributed by atoms with E-state index in [1.165, 1.54) is 0 Å². The number of aromatic nitrogens is 1. The van der Waals surface area contributed by atoms with Crippen LogP contribution in [0, 0.1) is 6.92 Å². The Morgan fingerprint density at radius 1 is 1.56 bits per heavy atom. The molecule has 1 aromatic rings. The van der Waals surface area contributed by atoms with Crippen LogP contribution in [0.1, 0.15) is 35.8 Å². The highest BCUT2D eigenvalue weighted by atomic mass is 16.1. The molecule has 1 aromatic heterocycles. The molecule has 2 atom stereocenters. The lowest BCUT2D eigenvalue weighted by molar-refractivity contribution is 0.100. The lowest BCUT2D eigenvalue weighted by atomic mass is 10.0. The second-order valence-corrected chi connectivity index (χ2v) is 4.93. The Morgan fingerprint density at radius 3 is 3.00 bits per heavy atom. The molecule has 0 aromatic carbocycles. The fourth-order valence-corrected chi connectivity index (χ4v) is 2.32. The van der Waals surface area contributed by atoms with Crippen LogP contribution in [0.25, 0.3) is 0 Å². The monoisotopic (exact) mass is 248 g/mol. The molecule has 0 saturated carbocycles. The maximum atomic E-state index is 11.4. The van der Waals surface area contributed by atoms with Crippen LogP contribution in [0.3, 0.4) is 0 Å². The first-order valence-electron chi connectivity index (χ1n) is 6.33. The van der Waals surface area contributed by atoms with Crippen molar-refractivity contribution < 1.29 is 4.79 Å². The number of carbonyl (C=O) groups excluding carboxylic acids is 1. The zero-order valence-electron chi connectivity index (χ0n) is 10.9. The molecule has 18 heavy (non-hydrogen) atoms. The largest absolute Gasteiger partial charge is 0.367 e. The van der Waals surface area contributed by atoms with Gasteiger partial charge in [-0.1, -0.05) is 0 Å². The maximum absolute atomic E-state index is 11.4. The van der Waals surface area contributed by atoms with Crippen molar-refractivity contribution in [3.8, 4) is 0 Å². The molecule has 1 aliphatic rings. The van der Waals surface area contributed by atoms with Crippen molar-refractivity contribution in [2.24, 2.45) is 5.73 Å². The fourth-order valence-electron chi connectivity index (χ4n) is 2.32. The van der Waals surface area contributed by atoms with Crippen LogP contribution in [0.4, 0.5) is 5.82 Å². The van der Waals surface area contributed by atoms with Crippen LogP contribution in [-0.4, -0.2) is 29.5 Å². The molecule has 2 unspecified atom stereocenters. The summed E-state index contributed by atoms with van der Waals surface area (Å²) in [7, 11) is 0. The second-order valence-electron chi connectivity index (χ2n) is 4.93. The molecule has 1 saturated heterocycles. The van der Waals surface area contributed by atoms with Crippen molar-refractivity contribution >= 4 is 11.7 Å². The Kier molecular flexibility index (Phi) is 3.81. The third kappa shape index (κ3) is 2.98. The summed E-state index contributed by atoms with van der Waals surface area (Å²) in [6, 6.07) is 4.36. The van der Waals surface area contributed by atoms with Crippen LogP contribution in [-0.2, 0) is 0 Å². The molecule has 5 heteroatoms. The summed E-state index contributed by atoms with van der Waals surface area (Å²) in [6.07, 6.45) is 2.05. The molecule has 0 spiro atoms. The van der Waals surface area contributed by atoms with E-state index in [2.05, 4.69) is 22.5 Å². The summed E-state index contributed by atoms with van der Waals surface area (Å²) in [5, 5.41) is 6.74. The summed E-state index contributed by atoms with van der Waals surface area (Å²) < 4.78 is 0. The lowest BCUT2D eigenvalue weighted by Gasteiger charge is -2.29. The minimum absolute atomic E-state index is 0.341. The average Bonchev–Trinajstić information content (AvgIpc) is 2.28. The first kappa shape index (κ1) is 12.8. The molecule has 0 bridgehead atoms. The van der Waals surface area contributed by atoms with Gasteiger partial charge in [-0.25, -0.2) is 4.98 Å². The SMILES string of the molecule is Cc1ccc(C(N)=O)c(NC2CCNC(C)C2)n1. The fraction of sp³-hybridized carbons (Fsp3) is 0.538. The van der Waals surface area contributed by atoms with Gasteiger partial charge in [-0.15, -0.1) is 0 Å². The van der Waals surface area contributed by atoms with Gasteiger partial charge in [0.2, 0.25) is 0 Å². The number of pyridine rings is 1. The molecule has 1 amide bonds. The van der Waals surface area contributed by atoms with E-state index in [0.29, 0.717) is 23.5 Å². The summed E-state index contributed by atoms with van der Waals surface area (Å²) >= 11 is 0. The van der Waals surface area contributed by atoms with Crippen molar-refractivity contribution in [3.05, 3.63) is 23.4 Å². The van der Waals surface area contributed by atoms with Crippen molar-refractivity contribution in [1.82, 2.24) is 10.3 Å². The van der Waals surface area contributed by atoms with E-state index in [-0.39, 0.29) is 0 Å². The van der Waals surface area contributed by atoms with Gasteiger partial charge < -0.3 is 16.4 Å². The average molecular weight is 248 g/mol. The van der Waals surface area contributed by atoms with Gasteiger partial charge in [0.15, 0.2) is 0 Å². The second kappa shape index (κ2) is 5.35. The predicted molar refractivity (Wildman–Crippen MR) is 71.6 cm³/mol. The summed E-state index contributed by atoms with van der Waals surface area (Å²) in [6.45, 7) is 5.05. The summed E-state index contributed by atoms with van der Waals surface area (Å²) in [4.78, 5) is 15.8. The van der Waals surface area contributed by atoms with E-state index >= 15 is 0 Å². The Balaban J connectivity index is 2.16. The highest BCUT2D eigenvalue weighted by molar-refractivity contribution is 5.97. The number of hydrogen-bond acceptors (Lipinski definition) is 4. The molecule has 0 aliphatic carbocycles. The van der Waals surface area contributed by atoms with Gasteiger partial charge in [0.1, 0.15) is 5.82 Å². The van der Waals surface area contributed by atoms with Crippen LogP contribution in [0.5, 0.6) is 0 Å². The maximum Gasteiger partial charge on any atom is 0.252 e. The molecular weight excluding hydrogens is 228 g/mol. The minimum Gasteiger partial charge on any atom is -0.367 e. The number of piperidine rings is 1. The molecule has 0 radical (unpaired) electrons. The number of nitrogens with one attached hydrogen (secondary N) is 2. The smallest absolute Gasteiger partial charge is 0.252 e. The number of anilines is 1. The number of rotatable bonds is 3. The van der Waals surface area contributed by atoms with Crippen LogP contribution >= 0.6 is 0 Å². The van der Waals surface area contributed by atoms with Crippen molar-refractivity contribution in [2.75, 3.05) is 11.9 Å². The highest BCUT2D eigenvalue weighted by Crippen LogP contribution is 2.18. The third-order valence-corrected chi connectivity index (χ3v) is 3.26. The minimum atomic E-state index is -0.438. The van der Waals surface area contributed by atoms with Gasteiger partial charge in [0.25, 0.3) is 5.91 Å². The number of nitrogens with zero attached hydrogens (tertiary/aromatic N) is 1. The van der Waals surface area contributed by atoms with Crippen molar-refractivity contribution in [1.29, 1.82) is 0 Å². The van der Waals surface area contributed by atoms with E-state index in [4.69, 9.17) is 5.73 Å². The van der Waals surface area contributed by atoms with Crippen molar-refractivity contribution in [2.45, 2.75) is 38.8 Å². The number of nitrogens with two attached hydrogens (primary N) is 1. The topological polar surface area (TPSA) is 80.0 Å². The Labute approximate surface area is 107 Å².